The second-order valence-electron chi connectivity index (χ2n) is 12.2. The third-order valence-corrected chi connectivity index (χ3v) is 8.36. The van der Waals surface area contributed by atoms with Gasteiger partial charge in [-0.15, -0.1) is 0 Å². The van der Waals surface area contributed by atoms with E-state index in [0.29, 0.717) is 12.2 Å². The fourth-order valence-electron chi connectivity index (χ4n) is 5.55. The molecule has 0 N–H and O–H groups in total. The average Bonchev–Trinajstić information content (AvgIpc) is 2.90. The molecule has 4 nitrogen and oxygen atoms in total. The van der Waals surface area contributed by atoms with E-state index in [0.717, 1.165) is 56.8 Å². The van der Waals surface area contributed by atoms with Crippen molar-refractivity contribution < 1.29 is 18.8 Å². The van der Waals surface area contributed by atoms with Crippen molar-refractivity contribution in [2.24, 2.45) is 0 Å². The van der Waals surface area contributed by atoms with Crippen molar-refractivity contribution in [1.82, 2.24) is 0 Å². The Balaban J connectivity index is 2.20. The van der Waals surface area contributed by atoms with Crippen LogP contribution >= 0.6 is 0 Å². The van der Waals surface area contributed by atoms with Crippen LogP contribution in [0.5, 0.6) is 0 Å². The first kappa shape index (κ1) is 34.6. The summed E-state index contributed by atoms with van der Waals surface area (Å²) in [6.07, 6.45) is 28.3. The third kappa shape index (κ3) is 20.2. The Labute approximate surface area is 232 Å². The molecule has 1 atom stereocenters. The molecule has 4 heteroatoms. The number of rotatable bonds is 27. The van der Waals surface area contributed by atoms with Crippen molar-refractivity contribution in [2.45, 2.75) is 161 Å². The van der Waals surface area contributed by atoms with E-state index in [1.807, 2.05) is 0 Å². The number of morpholine rings is 1. The number of carbonyl (C=O) groups is 1. The van der Waals surface area contributed by atoms with Gasteiger partial charge in [0, 0.05) is 13.0 Å². The number of likely N-dealkylation sites (N-methyl/N-ethyl adjacent to an activating group) is 1. The summed E-state index contributed by atoms with van der Waals surface area (Å²) in [5, 5.41) is 0. The topological polar surface area (TPSA) is 35.5 Å². The lowest BCUT2D eigenvalue weighted by Gasteiger charge is -2.39. The fraction of sp³-hybridized carbons (Fsp3) is 0.970. The van der Waals surface area contributed by atoms with E-state index in [1.165, 1.54) is 122 Å². The standard InChI is InChI=1S/C33H66NO3/c1-4-6-8-10-12-14-15-16-18-20-22-24-28-37-33(31-34(3)26-29-36-30-27-34)32(35)25-23-21-19-17-13-11-9-7-5-2/h33H,4-31H2,1-3H3/q+1. The minimum Gasteiger partial charge on any atom is -0.370 e. The van der Waals surface area contributed by atoms with Gasteiger partial charge in [-0.3, -0.25) is 4.79 Å². The molecule has 0 amide bonds. The number of unbranched alkanes of at least 4 members (excludes halogenated alkanes) is 19. The molecule has 1 aliphatic heterocycles. The molecular formula is C33H66NO3+. The number of hydrogen-bond acceptors (Lipinski definition) is 3. The zero-order valence-electron chi connectivity index (χ0n) is 25.5. The van der Waals surface area contributed by atoms with Crippen molar-refractivity contribution in [3.63, 3.8) is 0 Å². The molecule has 37 heavy (non-hydrogen) atoms. The Morgan fingerprint density at radius 3 is 1.51 bits per heavy atom. The van der Waals surface area contributed by atoms with Crippen molar-refractivity contribution in [1.29, 1.82) is 0 Å². The maximum Gasteiger partial charge on any atom is 0.167 e. The second kappa shape index (κ2) is 24.6. The van der Waals surface area contributed by atoms with E-state index in [1.54, 1.807) is 0 Å². The van der Waals surface area contributed by atoms with Gasteiger partial charge in [0.2, 0.25) is 0 Å². The summed E-state index contributed by atoms with van der Waals surface area (Å²) in [4.78, 5) is 13.1. The Morgan fingerprint density at radius 1 is 0.649 bits per heavy atom. The number of nitrogens with zero attached hydrogens (tertiary/aromatic N) is 1. The highest BCUT2D eigenvalue weighted by atomic mass is 16.5. The molecule has 1 heterocycles. The maximum atomic E-state index is 13.1. The second-order valence-corrected chi connectivity index (χ2v) is 12.2. The van der Waals surface area contributed by atoms with Crippen LogP contribution in [0.3, 0.4) is 0 Å². The quantitative estimate of drug-likeness (QED) is 0.0794. The molecule has 1 fully saturated rings. The van der Waals surface area contributed by atoms with E-state index in [2.05, 4.69) is 20.9 Å². The molecule has 0 saturated carbocycles. The number of Topliss-reactive ketones (excluding diaryl/α,β-unsaturated/α-hetero) is 1. The van der Waals surface area contributed by atoms with Gasteiger partial charge in [0.1, 0.15) is 19.6 Å². The molecular weight excluding hydrogens is 458 g/mol. The summed E-state index contributed by atoms with van der Waals surface area (Å²) < 4.78 is 12.8. The number of quaternary nitrogens is 1. The van der Waals surface area contributed by atoms with Crippen molar-refractivity contribution in [3.05, 3.63) is 0 Å². The maximum absolute atomic E-state index is 13.1. The molecule has 0 aliphatic carbocycles. The van der Waals surface area contributed by atoms with Crippen LogP contribution < -0.4 is 0 Å². The van der Waals surface area contributed by atoms with Crippen LogP contribution in [0.15, 0.2) is 0 Å². The molecule has 0 radical (unpaired) electrons. The summed E-state index contributed by atoms with van der Waals surface area (Å²) in [6.45, 7) is 9.69. The van der Waals surface area contributed by atoms with Crippen LogP contribution in [0.1, 0.15) is 155 Å². The number of ketones is 1. The molecule has 0 bridgehead atoms. The van der Waals surface area contributed by atoms with Crippen LogP contribution in [0.2, 0.25) is 0 Å². The predicted molar refractivity (Wildman–Crippen MR) is 159 cm³/mol. The van der Waals surface area contributed by atoms with Gasteiger partial charge < -0.3 is 14.0 Å². The van der Waals surface area contributed by atoms with Crippen LogP contribution in [-0.4, -0.2) is 62.9 Å². The summed E-state index contributed by atoms with van der Waals surface area (Å²) in [6, 6.07) is 0. The van der Waals surface area contributed by atoms with Gasteiger partial charge in [-0.25, -0.2) is 0 Å². The minimum atomic E-state index is -0.232. The Kier molecular flexibility index (Phi) is 23.0. The van der Waals surface area contributed by atoms with E-state index in [9.17, 15) is 4.79 Å². The van der Waals surface area contributed by atoms with Crippen LogP contribution in [0.25, 0.3) is 0 Å². The predicted octanol–water partition coefficient (Wildman–Crippen LogP) is 9.04. The SMILES string of the molecule is CCCCCCCCCCCCCCOC(C[N+]1(C)CCOCC1)C(=O)CCCCCCCCCCC. The van der Waals surface area contributed by atoms with Gasteiger partial charge in [-0.1, -0.05) is 136 Å². The van der Waals surface area contributed by atoms with Gasteiger partial charge in [0.15, 0.2) is 11.9 Å². The first-order chi connectivity index (χ1) is 18.1. The number of ether oxygens (including phenoxy) is 2. The first-order valence-electron chi connectivity index (χ1n) is 16.7. The Bertz CT molecular complexity index is 504. The van der Waals surface area contributed by atoms with E-state index < -0.39 is 0 Å². The molecule has 1 rings (SSSR count). The summed E-state index contributed by atoms with van der Waals surface area (Å²) in [7, 11) is 2.27. The van der Waals surface area contributed by atoms with Gasteiger partial charge in [0.25, 0.3) is 0 Å². The highest BCUT2D eigenvalue weighted by Gasteiger charge is 2.32. The monoisotopic (exact) mass is 525 g/mol. The van der Waals surface area contributed by atoms with Crippen molar-refractivity contribution in [3.8, 4) is 0 Å². The molecule has 0 spiro atoms. The average molecular weight is 525 g/mol. The summed E-state index contributed by atoms with van der Waals surface area (Å²) >= 11 is 0. The zero-order chi connectivity index (χ0) is 26.9. The van der Waals surface area contributed by atoms with E-state index >= 15 is 0 Å². The molecule has 0 aromatic heterocycles. The minimum absolute atomic E-state index is 0.232. The lowest BCUT2D eigenvalue weighted by molar-refractivity contribution is -0.918. The zero-order valence-corrected chi connectivity index (χ0v) is 25.5. The van der Waals surface area contributed by atoms with Gasteiger partial charge in [0.05, 0.1) is 20.3 Å². The summed E-state index contributed by atoms with van der Waals surface area (Å²) in [5.41, 5.74) is 0. The van der Waals surface area contributed by atoms with E-state index in [4.69, 9.17) is 9.47 Å². The smallest absolute Gasteiger partial charge is 0.167 e. The van der Waals surface area contributed by atoms with Gasteiger partial charge in [-0.05, 0) is 12.8 Å². The molecule has 1 saturated heterocycles. The first-order valence-corrected chi connectivity index (χ1v) is 16.7. The van der Waals surface area contributed by atoms with Gasteiger partial charge >= 0.3 is 0 Å². The lowest BCUT2D eigenvalue weighted by Crippen LogP contribution is -2.56. The largest absolute Gasteiger partial charge is 0.370 e. The highest BCUT2D eigenvalue weighted by molar-refractivity contribution is 5.83. The molecule has 0 aromatic rings. The van der Waals surface area contributed by atoms with Crippen LogP contribution in [0, 0.1) is 0 Å². The van der Waals surface area contributed by atoms with Crippen LogP contribution in [-0.2, 0) is 14.3 Å². The summed E-state index contributed by atoms with van der Waals surface area (Å²) in [5.74, 6) is 0.340. The number of carbonyl (C=O) groups excluding carboxylic acids is 1. The lowest BCUT2D eigenvalue weighted by atomic mass is 10.0. The van der Waals surface area contributed by atoms with Crippen LogP contribution in [0.4, 0.5) is 0 Å². The normalized spacial score (nSPS) is 16.2. The van der Waals surface area contributed by atoms with Gasteiger partial charge in [-0.2, -0.15) is 0 Å². The molecule has 1 aliphatic rings. The molecule has 220 valence electrons. The Hall–Kier alpha value is -0.450. The molecule has 1 unspecified atom stereocenters. The highest BCUT2D eigenvalue weighted by Crippen LogP contribution is 2.16. The number of hydrogen-bond donors (Lipinski definition) is 0. The van der Waals surface area contributed by atoms with Crippen molar-refractivity contribution in [2.75, 3.05) is 46.5 Å². The third-order valence-electron chi connectivity index (χ3n) is 8.36. The molecule has 0 aromatic carbocycles. The fourth-order valence-corrected chi connectivity index (χ4v) is 5.55. The Morgan fingerprint density at radius 2 is 1.05 bits per heavy atom. The van der Waals surface area contributed by atoms with E-state index in [-0.39, 0.29) is 6.10 Å². The van der Waals surface area contributed by atoms with Crippen molar-refractivity contribution >= 4 is 5.78 Å².